The van der Waals surface area contributed by atoms with E-state index >= 15 is 0 Å². The van der Waals surface area contributed by atoms with E-state index < -0.39 is 10.0 Å². The van der Waals surface area contributed by atoms with Gasteiger partial charge in [0.15, 0.2) is 6.29 Å². The topological polar surface area (TPSA) is 65.4 Å². The van der Waals surface area contributed by atoms with Gasteiger partial charge in [-0.2, -0.15) is 0 Å². The van der Waals surface area contributed by atoms with Crippen LogP contribution in [0.4, 0.5) is 0 Å². The molecule has 0 unspecified atom stereocenters. The minimum absolute atomic E-state index is 0.0626. The summed E-state index contributed by atoms with van der Waals surface area (Å²) in [5.41, 5.74) is 0.630. The van der Waals surface area contributed by atoms with Gasteiger partial charge in [0.05, 0.1) is 12.6 Å². The van der Waals surface area contributed by atoms with E-state index in [9.17, 15) is 13.2 Å². The number of halogens is 2. The van der Waals surface area contributed by atoms with Crippen LogP contribution in [0.25, 0.3) is 10.9 Å². The van der Waals surface area contributed by atoms with Crippen LogP contribution in [0.5, 0.6) is 5.75 Å². The van der Waals surface area contributed by atoms with E-state index in [0.29, 0.717) is 32.4 Å². The van der Waals surface area contributed by atoms with Crippen molar-refractivity contribution in [1.29, 1.82) is 0 Å². The zero-order valence-corrected chi connectivity index (χ0v) is 15.5. The monoisotopic (exact) mass is 427 g/mol. The maximum Gasteiger partial charge on any atom is 0.269 e. The number of aldehydes is 1. The Morgan fingerprint density at radius 3 is 2.58 bits per heavy atom. The second-order valence-corrected chi connectivity index (χ2v) is 8.04. The van der Waals surface area contributed by atoms with Gasteiger partial charge in [0.2, 0.25) is 0 Å². The van der Waals surface area contributed by atoms with E-state index in [-0.39, 0.29) is 10.5 Å². The van der Waals surface area contributed by atoms with E-state index in [1.807, 2.05) is 0 Å². The first kappa shape index (κ1) is 17.0. The lowest BCUT2D eigenvalue weighted by molar-refractivity contribution is 0.112. The van der Waals surface area contributed by atoms with Crippen molar-refractivity contribution < 1.29 is 17.9 Å². The molecule has 1 aromatic heterocycles. The van der Waals surface area contributed by atoms with Gasteiger partial charge < -0.3 is 4.74 Å². The molecule has 0 N–H and O–H groups in total. The summed E-state index contributed by atoms with van der Waals surface area (Å²) in [6.45, 7) is 0. The standard InChI is InChI=1S/C16H11BrClNO4S/c1-23-12-3-5-16(14(17)7-12)24(21,22)19-8-10(9-20)13-6-11(18)2-4-15(13)19/h2-9H,1H3. The van der Waals surface area contributed by atoms with Crippen LogP contribution >= 0.6 is 27.5 Å². The normalized spacial score (nSPS) is 11.6. The Kier molecular flexibility index (Phi) is 4.42. The summed E-state index contributed by atoms with van der Waals surface area (Å²) >= 11 is 9.21. The molecule has 3 aromatic rings. The largest absolute Gasteiger partial charge is 0.497 e. The Bertz CT molecular complexity index is 1060. The van der Waals surface area contributed by atoms with Gasteiger partial charge in [-0.05, 0) is 52.3 Å². The molecular weight excluding hydrogens is 418 g/mol. The Hall–Kier alpha value is -1.83. The van der Waals surface area contributed by atoms with E-state index in [4.69, 9.17) is 16.3 Å². The van der Waals surface area contributed by atoms with E-state index in [1.165, 1.54) is 19.4 Å². The second kappa shape index (κ2) is 6.23. The maximum atomic E-state index is 13.0. The van der Waals surface area contributed by atoms with Gasteiger partial charge in [0, 0.05) is 26.6 Å². The molecule has 0 bridgehead atoms. The van der Waals surface area contributed by atoms with Crippen LogP contribution < -0.4 is 4.74 Å². The highest BCUT2D eigenvalue weighted by molar-refractivity contribution is 9.10. The second-order valence-electron chi connectivity index (χ2n) is 4.96. The average molecular weight is 429 g/mol. The summed E-state index contributed by atoms with van der Waals surface area (Å²) in [7, 11) is -2.42. The summed E-state index contributed by atoms with van der Waals surface area (Å²) in [4.78, 5) is 11.3. The highest BCUT2D eigenvalue weighted by Crippen LogP contribution is 2.32. The summed E-state index contributed by atoms with van der Waals surface area (Å²) in [6.07, 6.45) is 1.90. The number of carbonyl (C=O) groups is 1. The fourth-order valence-corrected chi connectivity index (χ4v) is 4.98. The lowest BCUT2D eigenvalue weighted by Crippen LogP contribution is -2.12. The molecule has 0 fully saturated rings. The molecule has 0 saturated carbocycles. The third-order valence-electron chi connectivity index (χ3n) is 3.57. The molecule has 0 radical (unpaired) electrons. The van der Waals surface area contributed by atoms with Crippen molar-refractivity contribution >= 4 is 54.7 Å². The molecule has 0 aliphatic carbocycles. The number of rotatable bonds is 4. The van der Waals surface area contributed by atoms with Crippen molar-refractivity contribution in [3.8, 4) is 5.75 Å². The summed E-state index contributed by atoms with van der Waals surface area (Å²) in [5.74, 6) is 0.526. The number of ether oxygens (including phenoxy) is 1. The van der Waals surface area contributed by atoms with Gasteiger partial charge in [0.25, 0.3) is 10.0 Å². The number of benzene rings is 2. The van der Waals surface area contributed by atoms with Gasteiger partial charge in [-0.25, -0.2) is 12.4 Å². The quantitative estimate of drug-likeness (QED) is 0.587. The van der Waals surface area contributed by atoms with E-state index in [0.717, 1.165) is 3.97 Å². The third-order valence-corrected chi connectivity index (χ3v) is 6.45. The number of fused-ring (bicyclic) bond motifs is 1. The van der Waals surface area contributed by atoms with Crippen molar-refractivity contribution in [2.24, 2.45) is 0 Å². The van der Waals surface area contributed by atoms with Crippen molar-refractivity contribution in [3.63, 3.8) is 0 Å². The van der Waals surface area contributed by atoms with Gasteiger partial charge >= 0.3 is 0 Å². The molecule has 8 heteroatoms. The van der Waals surface area contributed by atoms with Gasteiger partial charge in [-0.15, -0.1) is 0 Å². The number of hydrogen-bond acceptors (Lipinski definition) is 4. The number of carbonyl (C=O) groups excluding carboxylic acids is 1. The summed E-state index contributed by atoms with van der Waals surface area (Å²) in [6, 6.07) is 9.28. The lowest BCUT2D eigenvalue weighted by Gasteiger charge is -2.10. The number of hydrogen-bond donors (Lipinski definition) is 0. The molecule has 24 heavy (non-hydrogen) atoms. The molecule has 0 aliphatic rings. The number of methoxy groups -OCH3 is 1. The maximum absolute atomic E-state index is 13.0. The van der Waals surface area contributed by atoms with Crippen LogP contribution in [-0.4, -0.2) is 25.8 Å². The zero-order valence-electron chi connectivity index (χ0n) is 12.4. The van der Waals surface area contributed by atoms with Crippen LogP contribution in [0.3, 0.4) is 0 Å². The Morgan fingerprint density at radius 2 is 1.96 bits per heavy atom. The van der Waals surface area contributed by atoms with Crippen LogP contribution in [0.2, 0.25) is 5.02 Å². The van der Waals surface area contributed by atoms with Crippen LogP contribution in [0, 0.1) is 0 Å². The first-order valence-electron chi connectivity index (χ1n) is 6.73. The van der Waals surface area contributed by atoms with Gasteiger partial charge in [0.1, 0.15) is 10.6 Å². The van der Waals surface area contributed by atoms with Gasteiger partial charge in [-0.1, -0.05) is 11.6 Å². The van der Waals surface area contributed by atoms with Gasteiger partial charge in [-0.3, -0.25) is 4.79 Å². The average Bonchev–Trinajstić information content (AvgIpc) is 2.92. The molecule has 0 saturated heterocycles. The highest BCUT2D eigenvalue weighted by atomic mass is 79.9. The lowest BCUT2D eigenvalue weighted by atomic mass is 10.2. The van der Waals surface area contributed by atoms with Crippen molar-refractivity contribution in [2.45, 2.75) is 4.90 Å². The minimum atomic E-state index is -3.91. The number of nitrogens with zero attached hydrogens (tertiary/aromatic N) is 1. The fourth-order valence-electron chi connectivity index (χ4n) is 2.41. The predicted octanol–water partition coefficient (Wildman–Crippen LogP) is 4.12. The van der Waals surface area contributed by atoms with Crippen molar-refractivity contribution in [3.05, 3.63) is 57.7 Å². The number of aromatic nitrogens is 1. The van der Waals surface area contributed by atoms with Crippen molar-refractivity contribution in [1.82, 2.24) is 3.97 Å². The molecule has 0 spiro atoms. The smallest absolute Gasteiger partial charge is 0.269 e. The molecule has 3 rings (SSSR count). The molecule has 0 atom stereocenters. The Labute approximate surface area is 152 Å². The predicted molar refractivity (Wildman–Crippen MR) is 95.6 cm³/mol. The van der Waals surface area contributed by atoms with Crippen LogP contribution in [0.15, 0.2) is 52.0 Å². The Morgan fingerprint density at radius 1 is 1.21 bits per heavy atom. The van der Waals surface area contributed by atoms with Crippen LogP contribution in [-0.2, 0) is 10.0 Å². The molecule has 1 heterocycles. The zero-order chi connectivity index (χ0) is 17.5. The minimum Gasteiger partial charge on any atom is -0.497 e. The first-order chi connectivity index (χ1) is 11.4. The molecule has 5 nitrogen and oxygen atoms in total. The van der Waals surface area contributed by atoms with Crippen LogP contribution in [0.1, 0.15) is 10.4 Å². The first-order valence-corrected chi connectivity index (χ1v) is 9.34. The molecule has 0 aliphatic heterocycles. The highest BCUT2D eigenvalue weighted by Gasteiger charge is 2.24. The molecule has 2 aromatic carbocycles. The third kappa shape index (κ3) is 2.72. The molecule has 124 valence electrons. The fraction of sp³-hybridized carbons (Fsp3) is 0.0625. The van der Waals surface area contributed by atoms with Crippen molar-refractivity contribution in [2.75, 3.05) is 7.11 Å². The van der Waals surface area contributed by atoms with E-state index in [1.54, 1.807) is 30.3 Å². The molecule has 0 amide bonds. The SMILES string of the molecule is COc1ccc(S(=O)(=O)n2cc(C=O)c3cc(Cl)ccc32)c(Br)c1. The molecular formula is C16H11BrClNO4S. The summed E-state index contributed by atoms with van der Waals surface area (Å²) < 4.78 is 32.6. The van der Waals surface area contributed by atoms with E-state index in [2.05, 4.69) is 15.9 Å². The Balaban J connectivity index is 2.28. The summed E-state index contributed by atoms with van der Waals surface area (Å²) in [5, 5.41) is 0.900.